The molecule has 1 saturated heterocycles. The number of alkyl halides is 3. The van der Waals surface area contributed by atoms with E-state index in [9.17, 15) is 47.4 Å². The highest BCUT2D eigenvalue weighted by molar-refractivity contribution is 8.00. The monoisotopic (exact) mass is 585 g/mol. The third kappa shape index (κ3) is 6.57. The lowest BCUT2D eigenvalue weighted by Gasteiger charge is -2.48. The SMILES string of the molecule is O=C([O-])C(F)(F)F.O=CN[C@@H]1C(=O)N2C(C(=O)O)=C(C[n+]3cccc(NC(=O)c4cc(=O)c(O)c[nH]4)c3)CS[C@@H]12. The van der Waals surface area contributed by atoms with Gasteiger partial charge in [-0.05, 0) is 6.07 Å². The number of anilines is 1. The van der Waals surface area contributed by atoms with Crippen LogP contribution >= 0.6 is 11.8 Å². The number of carboxylic acid groups (broad SMARTS) is 2. The zero-order chi connectivity index (χ0) is 29.8. The highest BCUT2D eigenvalue weighted by Crippen LogP contribution is 2.40. The third-order valence-corrected chi connectivity index (χ3v) is 6.69. The minimum absolute atomic E-state index is 0.0476. The predicted octanol–water partition coefficient (Wildman–Crippen LogP) is -1.71. The number of thioether (sulfide) groups is 1. The fourth-order valence-electron chi connectivity index (χ4n) is 3.61. The first-order valence-corrected chi connectivity index (χ1v) is 11.9. The average Bonchev–Trinajstić information content (AvgIpc) is 2.88. The molecule has 3 amide bonds. The Morgan fingerprint density at radius 2 is 1.98 bits per heavy atom. The van der Waals surface area contributed by atoms with Gasteiger partial charge in [-0.3, -0.25) is 24.1 Å². The Morgan fingerprint density at radius 3 is 2.55 bits per heavy atom. The number of carbonyl (C=O) groups is 5. The number of nitrogens with zero attached hydrogens (tertiary/aromatic N) is 2. The summed E-state index contributed by atoms with van der Waals surface area (Å²) in [5.41, 5.74) is 0.0165. The number of pyridine rings is 2. The maximum atomic E-state index is 12.4. The molecule has 2 atom stereocenters. The van der Waals surface area contributed by atoms with E-state index in [0.29, 0.717) is 23.4 Å². The Labute approximate surface area is 225 Å². The number of β-lactam (4-membered cyclic amide) rings is 1. The van der Waals surface area contributed by atoms with E-state index in [1.165, 1.54) is 16.7 Å². The van der Waals surface area contributed by atoms with Gasteiger partial charge in [0.1, 0.15) is 34.5 Å². The van der Waals surface area contributed by atoms with Crippen LogP contribution in [0, 0.1) is 0 Å². The maximum absolute atomic E-state index is 12.4. The number of aliphatic carboxylic acids is 2. The van der Waals surface area contributed by atoms with Crippen LogP contribution in [-0.2, 0) is 25.7 Å². The molecule has 14 nitrogen and oxygen atoms in total. The average molecular weight is 585 g/mol. The number of rotatable bonds is 7. The van der Waals surface area contributed by atoms with Gasteiger partial charge in [0.05, 0.1) is 0 Å². The first kappa shape index (κ1) is 29.7. The normalized spacial score (nSPS) is 18.0. The molecule has 0 aliphatic carbocycles. The molecule has 2 aliphatic rings. The molecule has 0 bridgehead atoms. The molecule has 0 unspecified atom stereocenters. The maximum Gasteiger partial charge on any atom is 0.430 e. The summed E-state index contributed by atoms with van der Waals surface area (Å²) in [5.74, 6) is -5.50. The molecule has 2 aromatic rings. The van der Waals surface area contributed by atoms with Gasteiger partial charge in [0.25, 0.3) is 11.8 Å². The van der Waals surface area contributed by atoms with Crippen LogP contribution in [-0.4, -0.2) is 73.6 Å². The second-order valence-electron chi connectivity index (χ2n) is 8.03. The van der Waals surface area contributed by atoms with Crippen LogP contribution in [0.1, 0.15) is 10.5 Å². The Hall–Kier alpha value is -4.87. The van der Waals surface area contributed by atoms with Crippen LogP contribution < -0.4 is 25.7 Å². The van der Waals surface area contributed by atoms with Crippen LogP contribution in [0.15, 0.2) is 52.9 Å². The third-order valence-electron chi connectivity index (χ3n) is 5.36. The molecule has 212 valence electrons. The molecule has 4 rings (SSSR count). The number of hydrogen-bond acceptors (Lipinski definition) is 9. The van der Waals surface area contributed by atoms with Gasteiger partial charge in [0.15, 0.2) is 24.7 Å². The van der Waals surface area contributed by atoms with Crippen molar-refractivity contribution in [2.75, 3.05) is 11.1 Å². The molecular weight excluding hydrogens is 567 g/mol. The van der Waals surface area contributed by atoms with Gasteiger partial charge in [-0.25, -0.2) is 4.79 Å². The number of aromatic amines is 1. The number of halogens is 3. The zero-order valence-corrected chi connectivity index (χ0v) is 20.6. The lowest BCUT2D eigenvalue weighted by molar-refractivity contribution is -0.688. The molecule has 2 aromatic heterocycles. The highest BCUT2D eigenvalue weighted by Gasteiger charge is 2.53. The summed E-state index contributed by atoms with van der Waals surface area (Å²) in [6, 6.07) is 3.48. The lowest BCUT2D eigenvalue weighted by atomic mass is 10.0. The number of aromatic nitrogens is 2. The highest BCUT2D eigenvalue weighted by atomic mass is 32.2. The number of aromatic hydroxyl groups is 1. The molecule has 40 heavy (non-hydrogen) atoms. The van der Waals surface area contributed by atoms with Crippen molar-refractivity contribution in [1.82, 2.24) is 15.2 Å². The minimum atomic E-state index is -5.19. The minimum Gasteiger partial charge on any atom is -0.542 e. The number of carboxylic acids is 2. The largest absolute Gasteiger partial charge is 0.542 e. The fourth-order valence-corrected chi connectivity index (χ4v) is 4.95. The first-order valence-electron chi connectivity index (χ1n) is 10.8. The van der Waals surface area contributed by atoms with Crippen molar-refractivity contribution >= 4 is 47.6 Å². The van der Waals surface area contributed by atoms with Gasteiger partial charge in [-0.15, -0.1) is 11.8 Å². The van der Waals surface area contributed by atoms with E-state index in [1.54, 1.807) is 29.1 Å². The Morgan fingerprint density at radius 1 is 1.30 bits per heavy atom. The van der Waals surface area contributed by atoms with Gasteiger partial charge >= 0.3 is 12.1 Å². The number of carbonyl (C=O) groups excluding carboxylic acids is 4. The molecule has 1 fully saturated rings. The molecule has 0 spiro atoms. The van der Waals surface area contributed by atoms with E-state index in [2.05, 4.69) is 15.6 Å². The molecule has 0 saturated carbocycles. The van der Waals surface area contributed by atoms with Crippen molar-refractivity contribution in [2.45, 2.75) is 24.1 Å². The van der Waals surface area contributed by atoms with E-state index in [4.69, 9.17) is 9.90 Å². The van der Waals surface area contributed by atoms with Crippen LogP contribution in [0.3, 0.4) is 0 Å². The topological polar surface area (TPSA) is 213 Å². The molecule has 2 aliphatic heterocycles. The molecule has 0 radical (unpaired) electrons. The van der Waals surface area contributed by atoms with Gasteiger partial charge in [0, 0.05) is 29.7 Å². The van der Waals surface area contributed by atoms with E-state index < -0.39 is 52.5 Å². The van der Waals surface area contributed by atoms with E-state index >= 15 is 0 Å². The van der Waals surface area contributed by atoms with E-state index in [-0.39, 0.29) is 17.9 Å². The van der Waals surface area contributed by atoms with Crippen LogP contribution in [0.4, 0.5) is 18.9 Å². The van der Waals surface area contributed by atoms with Crippen LogP contribution in [0.5, 0.6) is 5.75 Å². The number of H-pyrrole nitrogens is 1. The van der Waals surface area contributed by atoms with Crippen molar-refractivity contribution in [3.63, 3.8) is 0 Å². The van der Waals surface area contributed by atoms with E-state index in [1.807, 2.05) is 0 Å². The van der Waals surface area contributed by atoms with Gasteiger partial charge in [-0.2, -0.15) is 17.7 Å². The van der Waals surface area contributed by atoms with Crippen molar-refractivity contribution in [3.8, 4) is 5.75 Å². The summed E-state index contributed by atoms with van der Waals surface area (Å²) >= 11 is 1.35. The summed E-state index contributed by atoms with van der Waals surface area (Å²) in [6.45, 7) is 0.149. The van der Waals surface area contributed by atoms with Crippen LogP contribution in [0.25, 0.3) is 0 Å². The molecule has 5 N–H and O–H groups in total. The summed E-state index contributed by atoms with van der Waals surface area (Å²) in [4.78, 5) is 71.4. The molecule has 18 heteroatoms. The summed E-state index contributed by atoms with van der Waals surface area (Å²) < 4.78 is 33.2. The molecule has 4 heterocycles. The van der Waals surface area contributed by atoms with Crippen molar-refractivity contribution in [3.05, 3.63) is 64.0 Å². The smallest absolute Gasteiger partial charge is 0.430 e. The van der Waals surface area contributed by atoms with Gasteiger partial charge in [0.2, 0.25) is 11.8 Å². The second kappa shape index (κ2) is 11.9. The van der Waals surface area contributed by atoms with Crippen molar-refractivity contribution in [2.24, 2.45) is 0 Å². The Balaban J connectivity index is 0.000000559. The zero-order valence-electron chi connectivity index (χ0n) is 19.8. The van der Waals surface area contributed by atoms with Gasteiger partial charge < -0.3 is 35.7 Å². The van der Waals surface area contributed by atoms with E-state index in [0.717, 1.165) is 12.3 Å². The number of nitrogens with one attached hydrogen (secondary N) is 3. The number of amides is 3. The van der Waals surface area contributed by atoms with Crippen molar-refractivity contribution in [1.29, 1.82) is 0 Å². The van der Waals surface area contributed by atoms with Gasteiger partial charge in [-0.1, -0.05) is 0 Å². The number of fused-ring (bicyclic) bond motifs is 1. The van der Waals surface area contributed by atoms with Crippen LogP contribution in [0.2, 0.25) is 0 Å². The Kier molecular flexibility index (Phi) is 8.82. The van der Waals surface area contributed by atoms with Crippen molar-refractivity contribution < 1.29 is 57.0 Å². The fraction of sp³-hybridized carbons (Fsp3) is 0.227. The summed E-state index contributed by atoms with van der Waals surface area (Å²) in [6.07, 6.45) is -0.504. The summed E-state index contributed by atoms with van der Waals surface area (Å²) in [5, 5.41) is 32.4. The molecular formula is C22H18F3N5O9S. The lowest BCUT2D eigenvalue weighted by Crippen LogP contribution is -2.69. The number of hydrogen-bond donors (Lipinski definition) is 5. The quantitative estimate of drug-likeness (QED) is 0.141. The first-order chi connectivity index (χ1) is 18.7. The second-order valence-corrected chi connectivity index (χ2v) is 9.13. The standard InChI is InChI=1S/C20H17N5O7S.C2HF3O2/c26-9-22-15-18(30)25-16(20(31)32)10(8-33-19(15)25)6-24-3-1-2-11(7-24)23-17(29)12-4-13(27)14(28)5-21-12;3-2(4,5)1(6)7/h1-5,7,9,15,19H,6,8H2,(H4-,21,22,23,26,27,28,29,31,32);(H,6,7)/t15-,19+;/m1./s1. The predicted molar refractivity (Wildman–Crippen MR) is 125 cm³/mol. The summed E-state index contributed by atoms with van der Waals surface area (Å²) in [7, 11) is 0. The molecule has 0 aromatic carbocycles. The Bertz CT molecular complexity index is 1460.